The topological polar surface area (TPSA) is 46.5 Å². The molecule has 0 saturated heterocycles. The van der Waals surface area contributed by atoms with Crippen LogP contribution in [0.2, 0.25) is 0 Å². The predicted molar refractivity (Wildman–Crippen MR) is 56.0 cm³/mol. The lowest BCUT2D eigenvalue weighted by molar-refractivity contribution is -0.139. The van der Waals surface area contributed by atoms with Crippen LogP contribution in [0.3, 0.4) is 0 Å². The van der Waals surface area contributed by atoms with Crippen LogP contribution in [0.1, 0.15) is 24.3 Å². The molecule has 3 nitrogen and oxygen atoms in total. The van der Waals surface area contributed by atoms with Crippen LogP contribution in [0.5, 0.6) is 5.75 Å². The smallest absolute Gasteiger partial charge is 0.311 e. The van der Waals surface area contributed by atoms with E-state index in [1.807, 2.05) is 0 Å². The molecule has 92 valence electrons. The Morgan fingerprint density at radius 2 is 1.94 bits per heavy atom. The second-order valence-corrected chi connectivity index (χ2v) is 4.16. The van der Waals surface area contributed by atoms with Crippen LogP contribution in [0, 0.1) is 17.6 Å². The van der Waals surface area contributed by atoms with Gasteiger partial charge in [-0.05, 0) is 18.8 Å². The molecule has 0 amide bonds. The van der Waals surface area contributed by atoms with Gasteiger partial charge in [-0.15, -0.1) is 0 Å². The van der Waals surface area contributed by atoms with Crippen molar-refractivity contribution in [1.82, 2.24) is 0 Å². The number of ether oxygens (including phenoxy) is 1. The van der Waals surface area contributed by atoms with Crippen molar-refractivity contribution >= 4 is 5.97 Å². The maximum absolute atomic E-state index is 13.7. The minimum absolute atomic E-state index is 0.0451. The third-order valence-electron chi connectivity index (χ3n) is 2.96. The summed E-state index contributed by atoms with van der Waals surface area (Å²) < 4.78 is 32.1. The summed E-state index contributed by atoms with van der Waals surface area (Å²) in [5.41, 5.74) is -0.360. The normalized spacial score (nSPS) is 16.6. The third kappa shape index (κ3) is 2.23. The average molecular weight is 242 g/mol. The molecular weight excluding hydrogens is 230 g/mol. The highest BCUT2D eigenvalue weighted by Crippen LogP contribution is 2.44. The van der Waals surface area contributed by atoms with E-state index in [4.69, 9.17) is 9.84 Å². The number of benzene rings is 1. The third-order valence-corrected chi connectivity index (χ3v) is 2.96. The molecule has 0 aliphatic heterocycles. The van der Waals surface area contributed by atoms with Gasteiger partial charge in [0.2, 0.25) is 0 Å². The first-order valence-electron chi connectivity index (χ1n) is 5.30. The van der Waals surface area contributed by atoms with Crippen molar-refractivity contribution in [2.45, 2.75) is 18.8 Å². The molecule has 5 heteroatoms. The fourth-order valence-electron chi connectivity index (χ4n) is 1.97. The van der Waals surface area contributed by atoms with Gasteiger partial charge in [0.1, 0.15) is 17.4 Å². The molecule has 1 aliphatic rings. The van der Waals surface area contributed by atoms with E-state index in [0.29, 0.717) is 12.8 Å². The van der Waals surface area contributed by atoms with Crippen LogP contribution < -0.4 is 4.74 Å². The summed E-state index contributed by atoms with van der Waals surface area (Å²) in [5.74, 6) is -4.12. The summed E-state index contributed by atoms with van der Waals surface area (Å²) in [5, 5.41) is 9.05. The van der Waals surface area contributed by atoms with Gasteiger partial charge >= 0.3 is 5.97 Å². The molecule has 1 saturated carbocycles. The Morgan fingerprint density at radius 1 is 1.41 bits per heavy atom. The highest BCUT2D eigenvalue weighted by atomic mass is 19.1. The summed E-state index contributed by atoms with van der Waals surface area (Å²) in [7, 11) is 1.30. The van der Waals surface area contributed by atoms with Gasteiger partial charge in [0.15, 0.2) is 0 Å². The quantitative estimate of drug-likeness (QED) is 0.882. The highest BCUT2D eigenvalue weighted by Gasteiger charge is 2.40. The lowest BCUT2D eigenvalue weighted by atomic mass is 9.93. The number of carboxylic acid groups (broad SMARTS) is 1. The van der Waals surface area contributed by atoms with Gasteiger partial charge in [-0.2, -0.15) is 0 Å². The average Bonchev–Trinajstić information content (AvgIpc) is 3.06. The highest BCUT2D eigenvalue weighted by molar-refractivity contribution is 5.77. The van der Waals surface area contributed by atoms with Crippen LogP contribution in [-0.2, 0) is 4.79 Å². The number of rotatable bonds is 4. The molecule has 1 aromatic carbocycles. The van der Waals surface area contributed by atoms with Gasteiger partial charge < -0.3 is 9.84 Å². The SMILES string of the molecule is COc1cc(F)c(C(C(=O)O)C2CC2)c(F)c1. The molecule has 0 spiro atoms. The Bertz CT molecular complexity index is 432. The molecule has 1 atom stereocenters. The molecule has 0 bridgehead atoms. The maximum Gasteiger partial charge on any atom is 0.311 e. The van der Waals surface area contributed by atoms with Crippen molar-refractivity contribution in [2.75, 3.05) is 7.11 Å². The van der Waals surface area contributed by atoms with E-state index in [1.165, 1.54) is 7.11 Å². The van der Waals surface area contributed by atoms with Crippen LogP contribution in [0.15, 0.2) is 12.1 Å². The Labute approximate surface area is 97.0 Å². The largest absolute Gasteiger partial charge is 0.497 e. The Morgan fingerprint density at radius 3 is 2.29 bits per heavy atom. The fourth-order valence-corrected chi connectivity index (χ4v) is 1.97. The summed E-state index contributed by atoms with van der Waals surface area (Å²) in [6.45, 7) is 0. The lowest BCUT2D eigenvalue weighted by Crippen LogP contribution is -2.17. The first-order chi connectivity index (χ1) is 8.04. The zero-order valence-corrected chi connectivity index (χ0v) is 9.24. The molecule has 0 aromatic heterocycles. The number of aliphatic carboxylic acids is 1. The molecule has 1 aromatic rings. The molecular formula is C12H12F2O3. The standard InChI is InChI=1S/C12H12F2O3/c1-17-7-4-8(13)11(9(14)5-7)10(12(15)16)6-2-3-6/h4-6,10H,2-3H2,1H3,(H,15,16). The number of hydrogen-bond acceptors (Lipinski definition) is 2. The maximum atomic E-state index is 13.7. The molecule has 1 unspecified atom stereocenters. The number of hydrogen-bond donors (Lipinski definition) is 1. The lowest BCUT2D eigenvalue weighted by Gasteiger charge is -2.14. The minimum Gasteiger partial charge on any atom is -0.497 e. The minimum atomic E-state index is -1.18. The second-order valence-electron chi connectivity index (χ2n) is 4.16. The molecule has 17 heavy (non-hydrogen) atoms. The van der Waals surface area contributed by atoms with E-state index in [2.05, 4.69) is 0 Å². The van der Waals surface area contributed by atoms with Crippen LogP contribution in [0.25, 0.3) is 0 Å². The van der Waals surface area contributed by atoms with Crippen molar-refractivity contribution < 1.29 is 23.4 Å². The van der Waals surface area contributed by atoms with Gasteiger partial charge in [0.25, 0.3) is 0 Å². The molecule has 1 aliphatic carbocycles. The number of halogens is 2. The van der Waals surface area contributed by atoms with E-state index in [1.54, 1.807) is 0 Å². The molecule has 1 fully saturated rings. The number of methoxy groups -OCH3 is 1. The summed E-state index contributed by atoms with van der Waals surface area (Å²) >= 11 is 0. The van der Waals surface area contributed by atoms with E-state index >= 15 is 0 Å². The monoisotopic (exact) mass is 242 g/mol. The van der Waals surface area contributed by atoms with Gasteiger partial charge in [-0.3, -0.25) is 4.79 Å². The summed E-state index contributed by atoms with van der Waals surface area (Å²) in [6, 6.07) is 2.02. The van der Waals surface area contributed by atoms with Gasteiger partial charge in [-0.25, -0.2) is 8.78 Å². The Kier molecular flexibility index (Phi) is 3.00. The first kappa shape index (κ1) is 11.8. The molecule has 0 heterocycles. The second kappa shape index (κ2) is 4.31. The van der Waals surface area contributed by atoms with Gasteiger partial charge in [0.05, 0.1) is 13.0 Å². The number of carboxylic acids is 1. The van der Waals surface area contributed by atoms with E-state index in [0.717, 1.165) is 12.1 Å². The molecule has 2 rings (SSSR count). The predicted octanol–water partition coefficient (Wildman–Crippen LogP) is 2.55. The molecule has 1 N–H and O–H groups in total. The van der Waals surface area contributed by atoms with Crippen molar-refractivity contribution in [2.24, 2.45) is 5.92 Å². The first-order valence-corrected chi connectivity index (χ1v) is 5.30. The van der Waals surface area contributed by atoms with Crippen molar-refractivity contribution in [3.8, 4) is 5.75 Å². The van der Waals surface area contributed by atoms with Crippen molar-refractivity contribution in [1.29, 1.82) is 0 Å². The fraction of sp³-hybridized carbons (Fsp3) is 0.417. The summed E-state index contributed by atoms with van der Waals surface area (Å²) in [6.07, 6.45) is 1.39. The Hall–Kier alpha value is -1.65. The zero-order chi connectivity index (χ0) is 12.6. The van der Waals surface area contributed by atoms with Crippen molar-refractivity contribution in [3.63, 3.8) is 0 Å². The zero-order valence-electron chi connectivity index (χ0n) is 9.24. The van der Waals surface area contributed by atoms with Crippen LogP contribution in [-0.4, -0.2) is 18.2 Å². The summed E-state index contributed by atoms with van der Waals surface area (Å²) in [4.78, 5) is 11.1. The number of carbonyl (C=O) groups is 1. The van der Waals surface area contributed by atoms with Crippen LogP contribution in [0.4, 0.5) is 8.78 Å². The van der Waals surface area contributed by atoms with E-state index in [9.17, 15) is 13.6 Å². The van der Waals surface area contributed by atoms with Crippen LogP contribution >= 0.6 is 0 Å². The van der Waals surface area contributed by atoms with E-state index in [-0.39, 0.29) is 17.2 Å². The van der Waals surface area contributed by atoms with Gasteiger partial charge in [-0.1, -0.05) is 0 Å². The molecule has 0 radical (unpaired) electrons. The van der Waals surface area contributed by atoms with Gasteiger partial charge in [0, 0.05) is 17.7 Å². The Balaban J connectivity index is 2.46. The van der Waals surface area contributed by atoms with Crippen molar-refractivity contribution in [3.05, 3.63) is 29.3 Å². The van der Waals surface area contributed by atoms with E-state index < -0.39 is 23.5 Å².